The third-order valence-electron chi connectivity index (χ3n) is 3.43. The Morgan fingerprint density at radius 3 is 2.91 bits per heavy atom. The van der Waals surface area contributed by atoms with E-state index >= 15 is 0 Å². The molecule has 2 aromatic rings. The zero-order valence-electron chi connectivity index (χ0n) is 11.6. The molecule has 1 aromatic carbocycles. The van der Waals surface area contributed by atoms with E-state index in [-0.39, 0.29) is 5.88 Å². The number of aliphatic imine (C=N–C) groups is 1. The molecule has 5 nitrogen and oxygen atoms in total. The van der Waals surface area contributed by atoms with Gasteiger partial charge in [0.25, 0.3) is 0 Å². The van der Waals surface area contributed by atoms with Crippen molar-refractivity contribution in [3.8, 4) is 5.88 Å². The van der Waals surface area contributed by atoms with Crippen molar-refractivity contribution in [2.24, 2.45) is 4.99 Å². The van der Waals surface area contributed by atoms with E-state index in [9.17, 15) is 9.90 Å². The molecule has 112 valence electrons. The Morgan fingerprint density at radius 2 is 2.18 bits per heavy atom. The molecule has 22 heavy (non-hydrogen) atoms. The van der Waals surface area contributed by atoms with Crippen LogP contribution < -0.4 is 0 Å². The van der Waals surface area contributed by atoms with Gasteiger partial charge >= 0.3 is 5.97 Å². The summed E-state index contributed by atoms with van der Waals surface area (Å²) in [5.74, 6) is -1.17. The molecule has 2 N–H and O–H groups in total. The summed E-state index contributed by atoms with van der Waals surface area (Å²) in [6.07, 6.45) is 3.49. The normalized spacial score (nSPS) is 16.0. The summed E-state index contributed by atoms with van der Waals surface area (Å²) in [6, 6.07) is 6.76. The van der Waals surface area contributed by atoms with Gasteiger partial charge in [-0.05, 0) is 31.3 Å². The molecular formula is C15H12N2O3S2. The first-order valence-corrected chi connectivity index (χ1v) is 7.74. The number of carboxylic acids is 1. The molecule has 0 radical (unpaired) electrons. The lowest BCUT2D eigenvalue weighted by atomic mass is 10.1. The second-order valence-electron chi connectivity index (χ2n) is 4.82. The number of thiazole rings is 1. The summed E-state index contributed by atoms with van der Waals surface area (Å²) in [7, 11) is 0. The number of carbonyl (C=O) groups is 1. The van der Waals surface area contributed by atoms with Gasteiger partial charge in [0, 0.05) is 17.4 Å². The Morgan fingerprint density at radius 1 is 1.45 bits per heavy atom. The van der Waals surface area contributed by atoms with E-state index < -0.39 is 12.0 Å². The van der Waals surface area contributed by atoms with Crippen molar-refractivity contribution in [2.45, 2.75) is 13.0 Å². The van der Waals surface area contributed by atoms with Crippen LogP contribution in [0.2, 0.25) is 0 Å². The monoisotopic (exact) mass is 332 g/mol. The number of carboxylic acid groups (broad SMARTS) is 1. The van der Waals surface area contributed by atoms with Gasteiger partial charge in [-0.3, -0.25) is 9.56 Å². The van der Waals surface area contributed by atoms with Gasteiger partial charge in [-0.15, -0.1) is 11.3 Å². The van der Waals surface area contributed by atoms with Crippen molar-refractivity contribution in [1.29, 1.82) is 0 Å². The number of aliphatic carboxylic acids is 1. The number of aromatic nitrogens is 1. The quantitative estimate of drug-likeness (QED) is 0.836. The third-order valence-corrected chi connectivity index (χ3v) is 4.77. The van der Waals surface area contributed by atoms with Crippen LogP contribution in [0, 0.1) is 3.95 Å². The molecule has 1 atom stereocenters. The van der Waals surface area contributed by atoms with Crippen LogP contribution in [0.5, 0.6) is 5.88 Å². The van der Waals surface area contributed by atoms with Crippen molar-refractivity contribution in [3.63, 3.8) is 0 Å². The maximum atomic E-state index is 11.1. The molecule has 1 aliphatic heterocycles. The molecule has 2 heterocycles. The maximum Gasteiger partial charge on any atom is 0.326 e. The van der Waals surface area contributed by atoms with E-state index in [0.29, 0.717) is 8.83 Å². The van der Waals surface area contributed by atoms with Crippen molar-refractivity contribution in [1.82, 2.24) is 4.57 Å². The fourth-order valence-corrected chi connectivity index (χ4v) is 3.66. The first-order chi connectivity index (χ1) is 10.5. The van der Waals surface area contributed by atoms with Gasteiger partial charge in [0.05, 0.1) is 10.6 Å². The van der Waals surface area contributed by atoms with Crippen LogP contribution in [0.3, 0.4) is 0 Å². The largest absolute Gasteiger partial charge is 0.493 e. The van der Waals surface area contributed by atoms with E-state index in [1.165, 1.54) is 22.8 Å². The lowest BCUT2D eigenvalue weighted by molar-refractivity contribution is -0.140. The number of hydrogen-bond donors (Lipinski definition) is 2. The lowest BCUT2D eigenvalue weighted by Crippen LogP contribution is -2.14. The van der Waals surface area contributed by atoms with Crippen molar-refractivity contribution < 1.29 is 15.0 Å². The highest BCUT2D eigenvalue weighted by Gasteiger charge is 2.21. The van der Waals surface area contributed by atoms with E-state index in [1.807, 2.05) is 24.3 Å². The summed E-state index contributed by atoms with van der Waals surface area (Å²) >= 11 is 6.34. The van der Waals surface area contributed by atoms with Crippen LogP contribution in [0.4, 0.5) is 5.69 Å². The smallest absolute Gasteiger partial charge is 0.326 e. The van der Waals surface area contributed by atoms with Gasteiger partial charge in [-0.2, -0.15) is 0 Å². The van der Waals surface area contributed by atoms with Crippen LogP contribution in [-0.2, 0) is 4.79 Å². The third kappa shape index (κ3) is 2.38. The fourth-order valence-electron chi connectivity index (χ4n) is 2.24. The van der Waals surface area contributed by atoms with Crippen LogP contribution in [0.1, 0.15) is 23.4 Å². The fraction of sp³-hybridized carbons (Fsp3) is 0.133. The first kappa shape index (κ1) is 14.7. The average Bonchev–Trinajstić information content (AvgIpc) is 3.01. The predicted octanol–water partition coefficient (Wildman–Crippen LogP) is 3.89. The number of allylic oxidation sites excluding steroid dienone is 1. The standard InChI is InChI=1S/C15H12N2O3S2/c1-8(14(19)20)17-13(18)12(22-15(17)21)6-9-7-16-11-5-3-2-4-10(9)11/h2-8,18H,1H3,(H,19,20)/t8-/m1/s1. The number of hydrogen-bond acceptors (Lipinski definition) is 5. The van der Waals surface area contributed by atoms with Crippen molar-refractivity contribution in [3.05, 3.63) is 38.7 Å². The zero-order chi connectivity index (χ0) is 15.9. The van der Waals surface area contributed by atoms with E-state index in [0.717, 1.165) is 16.8 Å². The molecule has 0 saturated carbocycles. The molecule has 0 amide bonds. The molecule has 0 bridgehead atoms. The molecule has 0 spiro atoms. The van der Waals surface area contributed by atoms with E-state index in [2.05, 4.69) is 4.99 Å². The number of para-hydroxylation sites is 1. The van der Waals surface area contributed by atoms with Crippen LogP contribution in [0.25, 0.3) is 11.6 Å². The maximum absolute atomic E-state index is 11.1. The minimum absolute atomic E-state index is 0.129. The van der Waals surface area contributed by atoms with Gasteiger partial charge in [-0.25, -0.2) is 4.79 Å². The Labute approximate surface area is 135 Å². The Kier molecular flexibility index (Phi) is 3.67. The molecule has 1 aliphatic rings. The summed E-state index contributed by atoms with van der Waals surface area (Å²) in [6.45, 7) is 1.48. The first-order valence-electron chi connectivity index (χ1n) is 6.51. The molecule has 0 fully saturated rings. The van der Waals surface area contributed by atoms with Gasteiger partial charge in [0.15, 0.2) is 3.95 Å². The Bertz CT molecular complexity index is 877. The highest BCUT2D eigenvalue weighted by atomic mass is 32.1. The number of benzene rings is 1. The summed E-state index contributed by atoms with van der Waals surface area (Å²) < 4.78 is 1.56. The SMILES string of the molecule is C[C@H](C(=O)O)n1c(O)c(C=C2C=Nc3ccccc32)sc1=S. The Balaban J connectivity index is 2.07. The molecular weight excluding hydrogens is 320 g/mol. The Hall–Kier alpha value is -2.25. The molecule has 0 aliphatic carbocycles. The molecule has 1 aromatic heterocycles. The van der Waals surface area contributed by atoms with Crippen LogP contribution in [-0.4, -0.2) is 27.0 Å². The van der Waals surface area contributed by atoms with Crippen molar-refractivity contribution >= 4 is 53.1 Å². The van der Waals surface area contributed by atoms with E-state index in [4.69, 9.17) is 17.3 Å². The number of aromatic hydroxyl groups is 1. The summed E-state index contributed by atoms with van der Waals surface area (Å²) in [4.78, 5) is 15.9. The molecule has 0 saturated heterocycles. The van der Waals surface area contributed by atoms with Crippen LogP contribution >= 0.6 is 23.6 Å². The molecule has 7 heteroatoms. The lowest BCUT2D eigenvalue weighted by Gasteiger charge is -2.09. The average molecular weight is 332 g/mol. The molecule has 0 unspecified atom stereocenters. The second kappa shape index (κ2) is 5.51. The molecule has 3 rings (SSSR count). The zero-order valence-corrected chi connectivity index (χ0v) is 13.2. The topological polar surface area (TPSA) is 74.8 Å². The van der Waals surface area contributed by atoms with Gasteiger partial charge in [-0.1, -0.05) is 18.2 Å². The number of fused-ring (bicyclic) bond motifs is 1. The highest BCUT2D eigenvalue weighted by molar-refractivity contribution is 7.73. The van der Waals surface area contributed by atoms with Crippen LogP contribution in [0.15, 0.2) is 29.3 Å². The van der Waals surface area contributed by atoms with Gasteiger partial charge in [0.1, 0.15) is 6.04 Å². The predicted molar refractivity (Wildman–Crippen MR) is 89.6 cm³/mol. The summed E-state index contributed by atoms with van der Waals surface area (Å²) in [5.41, 5.74) is 2.70. The van der Waals surface area contributed by atoms with E-state index in [1.54, 1.807) is 12.3 Å². The van der Waals surface area contributed by atoms with Crippen molar-refractivity contribution in [2.75, 3.05) is 0 Å². The second-order valence-corrected chi connectivity index (χ2v) is 6.49. The minimum atomic E-state index is -1.05. The minimum Gasteiger partial charge on any atom is -0.493 e. The van der Waals surface area contributed by atoms with Gasteiger partial charge in [0.2, 0.25) is 5.88 Å². The highest BCUT2D eigenvalue weighted by Crippen LogP contribution is 2.36. The van der Waals surface area contributed by atoms with Gasteiger partial charge < -0.3 is 10.2 Å². The number of rotatable bonds is 3. The summed E-state index contributed by atoms with van der Waals surface area (Å²) in [5, 5.41) is 19.4. The number of nitrogens with zero attached hydrogens (tertiary/aromatic N) is 2.